The third kappa shape index (κ3) is 4.62. The highest BCUT2D eigenvalue weighted by atomic mass is 16.3. The maximum absolute atomic E-state index is 8.58. The number of allylic oxidation sites excluding steroid dienone is 1. The SMILES string of the molecule is N=C1C=Cc2ccc3cc(-c4cccc(N(c5cccc(-c6ccccc6)c5)c5ccc6c(c5)oc5ccccc56)c4)ccc3c2C1=N. The molecule has 1 aliphatic rings. The lowest BCUT2D eigenvalue weighted by molar-refractivity contribution is 0.669. The van der Waals surface area contributed by atoms with Crippen molar-refractivity contribution in [1.82, 2.24) is 0 Å². The van der Waals surface area contributed by atoms with Crippen LogP contribution in [0.4, 0.5) is 17.1 Å². The monoisotopic (exact) mass is 615 g/mol. The van der Waals surface area contributed by atoms with Gasteiger partial charge in [-0.3, -0.25) is 10.8 Å². The molecule has 1 aromatic heterocycles. The van der Waals surface area contributed by atoms with Crippen LogP contribution < -0.4 is 4.90 Å². The lowest BCUT2D eigenvalue weighted by Gasteiger charge is -2.26. The minimum Gasteiger partial charge on any atom is -0.456 e. The Bertz CT molecular complexity index is 2610. The van der Waals surface area contributed by atoms with Gasteiger partial charge in [0, 0.05) is 39.5 Å². The predicted octanol–water partition coefficient (Wildman–Crippen LogP) is 12.0. The lowest BCUT2D eigenvalue weighted by atomic mass is 9.88. The average Bonchev–Trinajstić information content (AvgIpc) is 3.51. The van der Waals surface area contributed by atoms with Crippen molar-refractivity contribution in [2.24, 2.45) is 0 Å². The molecule has 0 unspecified atom stereocenters. The van der Waals surface area contributed by atoms with Gasteiger partial charge in [-0.05, 0) is 93.2 Å². The van der Waals surface area contributed by atoms with E-state index in [2.05, 4.69) is 126 Å². The molecule has 0 saturated carbocycles. The lowest BCUT2D eigenvalue weighted by Crippen LogP contribution is -2.16. The Morgan fingerprint density at radius 3 is 1.90 bits per heavy atom. The van der Waals surface area contributed by atoms with Crippen molar-refractivity contribution in [1.29, 1.82) is 10.8 Å². The van der Waals surface area contributed by atoms with Crippen LogP contribution in [0, 0.1) is 10.8 Å². The molecule has 0 bridgehead atoms. The largest absolute Gasteiger partial charge is 0.456 e. The number of nitrogens with zero attached hydrogens (tertiary/aromatic N) is 1. The van der Waals surface area contributed by atoms with E-state index in [1.54, 1.807) is 6.08 Å². The number of furan rings is 1. The van der Waals surface area contributed by atoms with E-state index in [9.17, 15) is 0 Å². The number of benzene rings is 7. The highest BCUT2D eigenvalue weighted by Gasteiger charge is 2.19. The fraction of sp³-hybridized carbons (Fsp3) is 0. The van der Waals surface area contributed by atoms with Gasteiger partial charge < -0.3 is 9.32 Å². The summed E-state index contributed by atoms with van der Waals surface area (Å²) in [4.78, 5) is 2.29. The zero-order valence-electron chi connectivity index (χ0n) is 25.9. The molecule has 4 heteroatoms. The summed E-state index contributed by atoms with van der Waals surface area (Å²) >= 11 is 0. The van der Waals surface area contributed by atoms with Gasteiger partial charge in [0.25, 0.3) is 0 Å². The second kappa shape index (κ2) is 11.1. The fourth-order valence-corrected chi connectivity index (χ4v) is 6.92. The molecular formula is C44H29N3O. The molecule has 8 aromatic rings. The van der Waals surface area contributed by atoms with Gasteiger partial charge in [0.05, 0.1) is 11.4 Å². The first kappa shape index (κ1) is 27.8. The molecule has 7 aromatic carbocycles. The first-order valence-electron chi connectivity index (χ1n) is 16.0. The van der Waals surface area contributed by atoms with Crippen LogP contribution in [0.5, 0.6) is 0 Å². The minimum absolute atomic E-state index is 0.240. The van der Waals surface area contributed by atoms with E-state index in [4.69, 9.17) is 15.2 Å². The van der Waals surface area contributed by atoms with E-state index < -0.39 is 0 Å². The van der Waals surface area contributed by atoms with Crippen LogP contribution >= 0.6 is 0 Å². The number of hydrogen-bond acceptors (Lipinski definition) is 4. The molecule has 48 heavy (non-hydrogen) atoms. The Balaban J connectivity index is 1.19. The van der Waals surface area contributed by atoms with Gasteiger partial charge in [-0.1, -0.05) is 103 Å². The summed E-state index contributed by atoms with van der Waals surface area (Å²) in [5.41, 5.74) is 11.6. The number of para-hydroxylation sites is 1. The minimum atomic E-state index is 0.240. The molecule has 226 valence electrons. The molecular weight excluding hydrogens is 587 g/mol. The van der Waals surface area contributed by atoms with E-state index >= 15 is 0 Å². The van der Waals surface area contributed by atoms with Crippen LogP contribution in [-0.2, 0) is 0 Å². The molecule has 4 nitrogen and oxygen atoms in total. The van der Waals surface area contributed by atoms with Gasteiger partial charge in [0.2, 0.25) is 0 Å². The van der Waals surface area contributed by atoms with Crippen molar-refractivity contribution < 1.29 is 4.42 Å². The van der Waals surface area contributed by atoms with Crippen molar-refractivity contribution in [3.63, 3.8) is 0 Å². The van der Waals surface area contributed by atoms with Gasteiger partial charge in [0.15, 0.2) is 0 Å². The van der Waals surface area contributed by atoms with Crippen LogP contribution in [0.3, 0.4) is 0 Å². The number of rotatable bonds is 5. The third-order valence-electron chi connectivity index (χ3n) is 9.27. The molecule has 0 spiro atoms. The smallest absolute Gasteiger partial charge is 0.137 e. The predicted molar refractivity (Wildman–Crippen MR) is 200 cm³/mol. The van der Waals surface area contributed by atoms with Crippen molar-refractivity contribution in [2.45, 2.75) is 0 Å². The summed E-state index contributed by atoms with van der Waals surface area (Å²) in [6.07, 6.45) is 3.63. The average molecular weight is 616 g/mol. The Hall–Kier alpha value is -6.52. The third-order valence-corrected chi connectivity index (χ3v) is 9.27. The standard InChI is InChI=1S/C44H29N3O/c45-40-23-19-29-16-17-33-24-32(18-21-37(33)43(29)44(40)46)31-11-7-13-35(26-31)47(34-12-6-10-30(25-34)28-8-2-1-3-9-28)36-20-22-39-38-14-4-5-15-41(38)48-42(39)27-36/h1-27,45-46H. The van der Waals surface area contributed by atoms with Crippen molar-refractivity contribution in [2.75, 3.05) is 4.90 Å². The summed E-state index contributed by atoms with van der Waals surface area (Å²) < 4.78 is 6.34. The summed E-state index contributed by atoms with van der Waals surface area (Å²) in [7, 11) is 0. The van der Waals surface area contributed by atoms with Gasteiger partial charge >= 0.3 is 0 Å². The molecule has 9 rings (SSSR count). The quantitative estimate of drug-likeness (QED) is 0.202. The molecule has 0 atom stereocenters. The zero-order valence-corrected chi connectivity index (χ0v) is 25.9. The summed E-state index contributed by atoms with van der Waals surface area (Å²) in [5, 5.41) is 21.0. The van der Waals surface area contributed by atoms with E-state index in [1.165, 1.54) is 0 Å². The second-order valence-corrected chi connectivity index (χ2v) is 12.2. The summed E-state index contributed by atoms with van der Waals surface area (Å²) in [6.45, 7) is 0. The Kier molecular flexibility index (Phi) is 6.41. The topological polar surface area (TPSA) is 64.1 Å². The van der Waals surface area contributed by atoms with E-state index in [0.717, 1.165) is 83.2 Å². The van der Waals surface area contributed by atoms with Crippen LogP contribution in [0.25, 0.3) is 61.0 Å². The highest BCUT2D eigenvalue weighted by Crippen LogP contribution is 2.41. The number of hydrogen-bond donors (Lipinski definition) is 2. The highest BCUT2D eigenvalue weighted by molar-refractivity contribution is 6.53. The first-order chi connectivity index (χ1) is 23.6. The molecule has 0 fully saturated rings. The Morgan fingerprint density at radius 2 is 1.08 bits per heavy atom. The molecule has 2 N–H and O–H groups in total. The summed E-state index contributed by atoms with van der Waals surface area (Å²) in [6, 6.07) is 53.0. The number of anilines is 3. The van der Waals surface area contributed by atoms with Crippen LogP contribution in [0.15, 0.2) is 162 Å². The van der Waals surface area contributed by atoms with Gasteiger partial charge in [-0.15, -0.1) is 0 Å². The molecule has 0 saturated heterocycles. The summed E-state index contributed by atoms with van der Waals surface area (Å²) in [5.74, 6) is 0. The van der Waals surface area contributed by atoms with E-state index in [1.807, 2.05) is 36.4 Å². The molecule has 0 amide bonds. The zero-order chi connectivity index (χ0) is 32.2. The second-order valence-electron chi connectivity index (χ2n) is 12.2. The van der Waals surface area contributed by atoms with Gasteiger partial charge in [-0.2, -0.15) is 0 Å². The molecule has 0 radical (unpaired) electrons. The fourth-order valence-electron chi connectivity index (χ4n) is 6.92. The Morgan fingerprint density at radius 1 is 0.438 bits per heavy atom. The Labute approximate surface area is 277 Å². The van der Waals surface area contributed by atoms with Crippen LogP contribution in [0.1, 0.15) is 11.1 Å². The van der Waals surface area contributed by atoms with Crippen LogP contribution in [0.2, 0.25) is 0 Å². The maximum Gasteiger partial charge on any atom is 0.137 e. The van der Waals surface area contributed by atoms with Crippen molar-refractivity contribution in [3.8, 4) is 22.3 Å². The molecule has 1 heterocycles. The molecule has 1 aliphatic carbocycles. The number of nitrogens with one attached hydrogen (secondary N) is 2. The normalized spacial score (nSPS) is 12.6. The first-order valence-corrected chi connectivity index (χ1v) is 16.0. The van der Waals surface area contributed by atoms with Crippen molar-refractivity contribution in [3.05, 3.63) is 169 Å². The van der Waals surface area contributed by atoms with Crippen molar-refractivity contribution >= 4 is 67.3 Å². The van der Waals surface area contributed by atoms with Crippen LogP contribution in [-0.4, -0.2) is 11.4 Å². The van der Waals surface area contributed by atoms with Gasteiger partial charge in [0.1, 0.15) is 11.2 Å². The number of fused-ring (bicyclic) bond motifs is 6. The van der Waals surface area contributed by atoms with E-state index in [0.29, 0.717) is 0 Å². The maximum atomic E-state index is 8.58. The molecule has 0 aliphatic heterocycles. The van der Waals surface area contributed by atoms with E-state index in [-0.39, 0.29) is 11.4 Å². The van der Waals surface area contributed by atoms with Gasteiger partial charge in [-0.25, -0.2) is 0 Å².